The minimum atomic E-state index is 0.648. The molecule has 0 saturated carbocycles. The zero-order chi connectivity index (χ0) is 11.8. The molecule has 1 heterocycles. The molecule has 0 aliphatic carbocycles. The summed E-state index contributed by atoms with van der Waals surface area (Å²) in [6.07, 6.45) is 2.46. The van der Waals surface area contributed by atoms with Gasteiger partial charge in [0.05, 0.1) is 0 Å². The summed E-state index contributed by atoms with van der Waals surface area (Å²) in [5.41, 5.74) is 0. The Morgan fingerprint density at radius 3 is 2.44 bits per heavy atom. The summed E-state index contributed by atoms with van der Waals surface area (Å²) in [5, 5.41) is 3.61. The lowest BCUT2D eigenvalue weighted by Crippen LogP contribution is -2.41. The van der Waals surface area contributed by atoms with Crippen LogP contribution in [0.25, 0.3) is 0 Å². The van der Waals surface area contributed by atoms with Crippen LogP contribution in [0.1, 0.15) is 33.6 Å². The van der Waals surface area contributed by atoms with Gasteiger partial charge in [0.2, 0.25) is 0 Å². The molecule has 16 heavy (non-hydrogen) atoms. The third kappa shape index (κ3) is 4.81. The topological polar surface area (TPSA) is 24.5 Å². The quantitative estimate of drug-likeness (QED) is 0.718. The molecule has 0 aromatic rings. The second kappa shape index (κ2) is 8.04. The van der Waals surface area contributed by atoms with E-state index in [-0.39, 0.29) is 0 Å². The van der Waals surface area contributed by atoms with Crippen molar-refractivity contribution in [2.45, 2.75) is 39.7 Å². The van der Waals surface area contributed by atoms with Crippen LogP contribution in [0, 0.1) is 5.92 Å². The van der Waals surface area contributed by atoms with Crippen LogP contribution in [-0.2, 0) is 4.74 Å². The Morgan fingerprint density at radius 1 is 1.25 bits per heavy atom. The molecule has 1 rings (SSSR count). The summed E-state index contributed by atoms with van der Waals surface area (Å²) < 4.78 is 5.36. The molecule has 3 heteroatoms. The fourth-order valence-corrected chi connectivity index (χ4v) is 2.42. The summed E-state index contributed by atoms with van der Waals surface area (Å²) in [7, 11) is 0. The zero-order valence-corrected chi connectivity index (χ0v) is 11.2. The highest BCUT2D eigenvalue weighted by Crippen LogP contribution is 2.13. The van der Waals surface area contributed by atoms with E-state index < -0.39 is 0 Å². The third-order valence-corrected chi connectivity index (χ3v) is 3.65. The lowest BCUT2D eigenvalue weighted by atomic mass is 10.0. The van der Waals surface area contributed by atoms with Crippen LogP contribution in [0.15, 0.2) is 0 Å². The van der Waals surface area contributed by atoms with Gasteiger partial charge in [0.1, 0.15) is 0 Å². The monoisotopic (exact) mass is 228 g/mol. The predicted molar refractivity (Wildman–Crippen MR) is 68.8 cm³/mol. The van der Waals surface area contributed by atoms with Gasteiger partial charge in [-0.05, 0) is 45.3 Å². The first-order chi connectivity index (χ1) is 7.77. The van der Waals surface area contributed by atoms with Crippen LogP contribution in [0.3, 0.4) is 0 Å². The van der Waals surface area contributed by atoms with Crippen molar-refractivity contribution in [1.82, 2.24) is 10.2 Å². The molecule has 1 atom stereocenters. The van der Waals surface area contributed by atoms with E-state index in [9.17, 15) is 0 Å². The van der Waals surface area contributed by atoms with E-state index in [0.29, 0.717) is 6.04 Å². The first-order valence-electron chi connectivity index (χ1n) is 6.80. The van der Waals surface area contributed by atoms with Crippen molar-refractivity contribution >= 4 is 0 Å². The van der Waals surface area contributed by atoms with Crippen molar-refractivity contribution < 1.29 is 4.74 Å². The van der Waals surface area contributed by atoms with Gasteiger partial charge in [-0.2, -0.15) is 0 Å². The van der Waals surface area contributed by atoms with Crippen molar-refractivity contribution in [1.29, 1.82) is 0 Å². The molecule has 1 unspecified atom stereocenters. The Hall–Kier alpha value is -0.120. The zero-order valence-electron chi connectivity index (χ0n) is 11.2. The highest BCUT2D eigenvalue weighted by molar-refractivity contribution is 4.70. The minimum absolute atomic E-state index is 0.648. The fourth-order valence-electron chi connectivity index (χ4n) is 2.42. The summed E-state index contributed by atoms with van der Waals surface area (Å²) in [5.74, 6) is 0.831. The van der Waals surface area contributed by atoms with Crippen LogP contribution < -0.4 is 5.32 Å². The predicted octanol–water partition coefficient (Wildman–Crippen LogP) is 1.73. The van der Waals surface area contributed by atoms with Crippen molar-refractivity contribution in [2.24, 2.45) is 5.92 Å². The maximum Gasteiger partial charge on any atom is 0.0469 e. The number of ether oxygens (including phenoxy) is 1. The SMILES string of the molecule is CCN(CC)C(C)CNCC1CCOCC1. The van der Waals surface area contributed by atoms with Gasteiger partial charge in [0, 0.05) is 25.8 Å². The molecule has 1 saturated heterocycles. The summed E-state index contributed by atoms with van der Waals surface area (Å²) in [6, 6.07) is 0.648. The summed E-state index contributed by atoms with van der Waals surface area (Å²) >= 11 is 0. The van der Waals surface area contributed by atoms with Gasteiger partial charge in [-0.1, -0.05) is 13.8 Å². The van der Waals surface area contributed by atoms with Gasteiger partial charge in [-0.15, -0.1) is 0 Å². The summed E-state index contributed by atoms with van der Waals surface area (Å²) in [4.78, 5) is 2.50. The average Bonchev–Trinajstić information content (AvgIpc) is 2.32. The minimum Gasteiger partial charge on any atom is -0.381 e. The molecule has 0 aromatic carbocycles. The van der Waals surface area contributed by atoms with Crippen LogP contribution in [0.4, 0.5) is 0 Å². The molecular weight excluding hydrogens is 200 g/mol. The van der Waals surface area contributed by atoms with Gasteiger partial charge < -0.3 is 10.1 Å². The van der Waals surface area contributed by atoms with Gasteiger partial charge >= 0.3 is 0 Å². The van der Waals surface area contributed by atoms with Gasteiger partial charge in [-0.3, -0.25) is 4.90 Å². The Morgan fingerprint density at radius 2 is 1.88 bits per heavy atom. The average molecular weight is 228 g/mol. The molecule has 1 aliphatic heterocycles. The van der Waals surface area contributed by atoms with Crippen molar-refractivity contribution in [3.63, 3.8) is 0 Å². The first-order valence-corrected chi connectivity index (χ1v) is 6.80. The molecule has 3 nitrogen and oxygen atoms in total. The highest BCUT2D eigenvalue weighted by atomic mass is 16.5. The fraction of sp³-hybridized carbons (Fsp3) is 1.00. The molecule has 1 fully saturated rings. The van der Waals surface area contributed by atoms with Gasteiger partial charge in [0.15, 0.2) is 0 Å². The smallest absolute Gasteiger partial charge is 0.0469 e. The Bertz CT molecular complexity index is 165. The van der Waals surface area contributed by atoms with Crippen molar-refractivity contribution in [3.05, 3.63) is 0 Å². The lowest BCUT2D eigenvalue weighted by molar-refractivity contribution is 0.0657. The number of hydrogen-bond acceptors (Lipinski definition) is 3. The molecule has 96 valence electrons. The van der Waals surface area contributed by atoms with E-state index in [1.807, 2.05) is 0 Å². The summed E-state index contributed by atoms with van der Waals surface area (Å²) in [6.45, 7) is 13.3. The van der Waals surface area contributed by atoms with E-state index in [1.165, 1.54) is 12.8 Å². The van der Waals surface area contributed by atoms with E-state index in [1.54, 1.807) is 0 Å². The van der Waals surface area contributed by atoms with Crippen LogP contribution in [0.5, 0.6) is 0 Å². The van der Waals surface area contributed by atoms with E-state index in [0.717, 1.165) is 45.3 Å². The van der Waals surface area contributed by atoms with E-state index in [2.05, 4.69) is 31.0 Å². The van der Waals surface area contributed by atoms with Gasteiger partial charge in [-0.25, -0.2) is 0 Å². The molecule has 0 spiro atoms. The molecule has 1 aliphatic rings. The number of rotatable bonds is 7. The van der Waals surface area contributed by atoms with Gasteiger partial charge in [0.25, 0.3) is 0 Å². The largest absolute Gasteiger partial charge is 0.381 e. The number of likely N-dealkylation sites (N-methyl/N-ethyl adjacent to an activating group) is 1. The number of nitrogens with one attached hydrogen (secondary N) is 1. The molecule has 0 radical (unpaired) electrons. The molecule has 0 bridgehead atoms. The first kappa shape index (κ1) is 13.9. The normalized spacial score (nSPS) is 20.2. The Balaban J connectivity index is 2.09. The Kier molecular flexibility index (Phi) is 7.01. The van der Waals surface area contributed by atoms with Crippen molar-refractivity contribution in [2.75, 3.05) is 39.4 Å². The van der Waals surface area contributed by atoms with Crippen LogP contribution in [-0.4, -0.2) is 50.3 Å². The van der Waals surface area contributed by atoms with Crippen LogP contribution >= 0.6 is 0 Å². The maximum absolute atomic E-state index is 5.36. The van der Waals surface area contributed by atoms with Crippen LogP contribution in [0.2, 0.25) is 0 Å². The second-order valence-corrected chi connectivity index (χ2v) is 4.78. The molecule has 0 aromatic heterocycles. The molecule has 0 amide bonds. The Labute approximate surface area is 101 Å². The second-order valence-electron chi connectivity index (χ2n) is 4.78. The van der Waals surface area contributed by atoms with E-state index in [4.69, 9.17) is 4.74 Å². The number of nitrogens with zero attached hydrogens (tertiary/aromatic N) is 1. The number of hydrogen-bond donors (Lipinski definition) is 1. The third-order valence-electron chi connectivity index (χ3n) is 3.65. The van der Waals surface area contributed by atoms with Crippen molar-refractivity contribution in [3.8, 4) is 0 Å². The highest BCUT2D eigenvalue weighted by Gasteiger charge is 2.14. The van der Waals surface area contributed by atoms with E-state index >= 15 is 0 Å². The standard InChI is InChI=1S/C13H28N2O/c1-4-15(5-2)12(3)10-14-11-13-6-8-16-9-7-13/h12-14H,4-11H2,1-3H3. The molecular formula is C13H28N2O. The molecule has 1 N–H and O–H groups in total. The lowest BCUT2D eigenvalue weighted by Gasteiger charge is -2.28. The maximum atomic E-state index is 5.36.